The largest absolute Gasteiger partial charge is 0.387 e. The van der Waals surface area contributed by atoms with Crippen molar-refractivity contribution in [2.24, 2.45) is 0 Å². The normalized spacial score (nSPS) is 11.7. The summed E-state index contributed by atoms with van der Waals surface area (Å²) >= 11 is 5.76. The number of nitrogens with zero attached hydrogens (tertiary/aromatic N) is 1. The Hall–Kier alpha value is -2.44. The predicted molar refractivity (Wildman–Crippen MR) is 81.8 cm³/mol. The van der Waals surface area contributed by atoms with Gasteiger partial charge in [-0.05, 0) is 23.8 Å². The van der Waals surface area contributed by atoms with E-state index in [-0.39, 0.29) is 17.8 Å². The fourth-order valence-corrected chi connectivity index (χ4v) is 2.04. The van der Waals surface area contributed by atoms with Gasteiger partial charge in [0, 0.05) is 17.6 Å². The minimum absolute atomic E-state index is 0.0455. The van der Waals surface area contributed by atoms with Crippen molar-refractivity contribution in [2.45, 2.75) is 6.10 Å². The van der Waals surface area contributed by atoms with E-state index < -0.39 is 16.9 Å². The van der Waals surface area contributed by atoms with Gasteiger partial charge in [0.05, 0.1) is 11.0 Å². The van der Waals surface area contributed by atoms with E-state index >= 15 is 0 Å². The number of nitrogens with one attached hydrogen (secondary N) is 1. The van der Waals surface area contributed by atoms with Gasteiger partial charge in [-0.25, -0.2) is 0 Å². The molecule has 2 aromatic rings. The van der Waals surface area contributed by atoms with Crippen LogP contribution in [0.2, 0.25) is 5.02 Å². The maximum atomic E-state index is 12.0. The van der Waals surface area contributed by atoms with Gasteiger partial charge >= 0.3 is 0 Å². The fraction of sp³-hybridized carbons (Fsp3) is 0.133. The van der Waals surface area contributed by atoms with Gasteiger partial charge in [0.1, 0.15) is 5.56 Å². The second-order valence-electron chi connectivity index (χ2n) is 4.55. The molecule has 0 saturated carbocycles. The van der Waals surface area contributed by atoms with Crippen molar-refractivity contribution in [3.63, 3.8) is 0 Å². The highest BCUT2D eigenvalue weighted by Gasteiger charge is 2.19. The van der Waals surface area contributed by atoms with Crippen molar-refractivity contribution in [3.05, 3.63) is 74.8 Å². The highest BCUT2D eigenvalue weighted by Crippen LogP contribution is 2.18. The van der Waals surface area contributed by atoms with E-state index in [0.717, 1.165) is 0 Å². The van der Waals surface area contributed by atoms with Gasteiger partial charge in [-0.15, -0.1) is 0 Å². The Kier molecular flexibility index (Phi) is 5.08. The van der Waals surface area contributed by atoms with E-state index in [1.165, 1.54) is 24.3 Å². The van der Waals surface area contributed by atoms with Gasteiger partial charge < -0.3 is 10.4 Å². The Labute approximate surface area is 131 Å². The lowest BCUT2D eigenvalue weighted by atomic mass is 10.1. The summed E-state index contributed by atoms with van der Waals surface area (Å²) in [6.07, 6.45) is -0.927. The van der Waals surface area contributed by atoms with Crippen LogP contribution in [0.3, 0.4) is 0 Å². The third kappa shape index (κ3) is 3.81. The number of aliphatic hydroxyl groups is 1. The van der Waals surface area contributed by atoms with Gasteiger partial charge in [0.15, 0.2) is 0 Å². The molecule has 0 saturated heterocycles. The van der Waals surface area contributed by atoms with Crippen molar-refractivity contribution in [1.29, 1.82) is 0 Å². The summed E-state index contributed by atoms with van der Waals surface area (Å²) < 4.78 is 0. The number of benzene rings is 2. The van der Waals surface area contributed by atoms with Crippen molar-refractivity contribution in [3.8, 4) is 0 Å². The fourth-order valence-electron chi connectivity index (χ4n) is 1.91. The maximum Gasteiger partial charge on any atom is 0.282 e. The Morgan fingerprint density at radius 1 is 1.23 bits per heavy atom. The molecule has 1 atom stereocenters. The Balaban J connectivity index is 2.04. The lowest BCUT2D eigenvalue weighted by Gasteiger charge is -2.12. The molecule has 7 heteroatoms. The van der Waals surface area contributed by atoms with Crippen LogP contribution in [-0.4, -0.2) is 22.5 Å². The summed E-state index contributed by atoms with van der Waals surface area (Å²) in [6.45, 7) is -0.0630. The second-order valence-corrected chi connectivity index (χ2v) is 4.99. The lowest BCUT2D eigenvalue weighted by molar-refractivity contribution is -0.385. The van der Waals surface area contributed by atoms with Gasteiger partial charge in [0.2, 0.25) is 0 Å². The number of hydrogen-bond donors (Lipinski definition) is 2. The SMILES string of the molecule is O=C(NCC(O)c1ccc(Cl)cc1)c1ccccc1[N+](=O)[O-]. The van der Waals surface area contributed by atoms with Crippen molar-refractivity contribution < 1.29 is 14.8 Å². The van der Waals surface area contributed by atoms with E-state index in [0.29, 0.717) is 10.6 Å². The van der Waals surface area contributed by atoms with Gasteiger partial charge in [0.25, 0.3) is 11.6 Å². The van der Waals surface area contributed by atoms with Gasteiger partial charge in [-0.3, -0.25) is 14.9 Å². The first-order chi connectivity index (χ1) is 10.5. The van der Waals surface area contributed by atoms with Crippen LogP contribution in [0.4, 0.5) is 5.69 Å². The van der Waals surface area contributed by atoms with E-state index in [9.17, 15) is 20.0 Å². The summed E-state index contributed by atoms with van der Waals surface area (Å²) in [7, 11) is 0. The van der Waals surface area contributed by atoms with Crippen LogP contribution in [0.5, 0.6) is 0 Å². The molecule has 0 radical (unpaired) electrons. The zero-order valence-electron chi connectivity index (χ0n) is 11.4. The van der Waals surface area contributed by atoms with Crippen LogP contribution >= 0.6 is 11.6 Å². The summed E-state index contributed by atoms with van der Waals surface area (Å²) in [4.78, 5) is 22.3. The Morgan fingerprint density at radius 3 is 2.50 bits per heavy atom. The molecule has 1 amide bonds. The molecule has 1 unspecified atom stereocenters. The maximum absolute atomic E-state index is 12.0. The van der Waals surface area contributed by atoms with Crippen molar-refractivity contribution >= 4 is 23.2 Å². The second kappa shape index (κ2) is 7.02. The third-order valence-electron chi connectivity index (χ3n) is 3.06. The molecule has 6 nitrogen and oxygen atoms in total. The number of amides is 1. The molecule has 0 aliphatic carbocycles. The van der Waals surface area contributed by atoms with Crippen LogP contribution < -0.4 is 5.32 Å². The number of aliphatic hydroxyl groups excluding tert-OH is 1. The standard InChI is InChI=1S/C15H13ClN2O4/c16-11-7-5-10(6-8-11)14(19)9-17-15(20)12-3-1-2-4-13(12)18(21)22/h1-8,14,19H,9H2,(H,17,20). The van der Waals surface area contributed by atoms with Crippen LogP contribution in [0, 0.1) is 10.1 Å². The number of nitro benzene ring substituents is 1. The van der Waals surface area contributed by atoms with Crippen molar-refractivity contribution in [2.75, 3.05) is 6.54 Å². The van der Waals surface area contributed by atoms with Crippen LogP contribution in [0.25, 0.3) is 0 Å². The van der Waals surface area contributed by atoms with E-state index in [4.69, 9.17) is 11.6 Å². The predicted octanol–water partition coefficient (Wildman–Crippen LogP) is 2.71. The average Bonchev–Trinajstić information content (AvgIpc) is 2.53. The first-order valence-corrected chi connectivity index (χ1v) is 6.82. The monoisotopic (exact) mass is 320 g/mol. The molecule has 0 aliphatic rings. The lowest BCUT2D eigenvalue weighted by Crippen LogP contribution is -2.28. The van der Waals surface area contributed by atoms with E-state index in [2.05, 4.69) is 5.32 Å². The summed E-state index contributed by atoms with van der Waals surface area (Å²) in [6, 6.07) is 12.2. The van der Waals surface area contributed by atoms with E-state index in [1.807, 2.05) is 0 Å². The quantitative estimate of drug-likeness (QED) is 0.654. The minimum atomic E-state index is -0.927. The highest BCUT2D eigenvalue weighted by atomic mass is 35.5. The zero-order chi connectivity index (χ0) is 16.1. The number of hydrogen-bond acceptors (Lipinski definition) is 4. The Bertz CT molecular complexity index is 688. The first-order valence-electron chi connectivity index (χ1n) is 6.44. The van der Waals surface area contributed by atoms with Crippen LogP contribution in [-0.2, 0) is 0 Å². The molecular weight excluding hydrogens is 308 g/mol. The minimum Gasteiger partial charge on any atom is -0.387 e. The molecule has 0 bridgehead atoms. The molecule has 2 N–H and O–H groups in total. The molecule has 0 heterocycles. The number of halogens is 1. The molecule has 0 aliphatic heterocycles. The number of nitro groups is 1. The summed E-state index contributed by atoms with van der Waals surface area (Å²) in [5, 5.41) is 23.9. The molecule has 114 valence electrons. The molecule has 22 heavy (non-hydrogen) atoms. The number of carbonyl (C=O) groups excluding carboxylic acids is 1. The smallest absolute Gasteiger partial charge is 0.282 e. The van der Waals surface area contributed by atoms with Gasteiger partial charge in [-0.2, -0.15) is 0 Å². The molecule has 0 fully saturated rings. The highest BCUT2D eigenvalue weighted by molar-refractivity contribution is 6.30. The van der Waals surface area contributed by atoms with Crippen LogP contribution in [0.1, 0.15) is 22.0 Å². The third-order valence-corrected chi connectivity index (χ3v) is 3.31. The zero-order valence-corrected chi connectivity index (χ0v) is 12.2. The molecular formula is C15H13ClN2O4. The molecule has 0 spiro atoms. The van der Waals surface area contributed by atoms with E-state index in [1.54, 1.807) is 24.3 Å². The van der Waals surface area contributed by atoms with Gasteiger partial charge in [-0.1, -0.05) is 35.9 Å². The number of para-hydroxylation sites is 1. The first kappa shape index (κ1) is 15.9. The van der Waals surface area contributed by atoms with Crippen LogP contribution in [0.15, 0.2) is 48.5 Å². The average molecular weight is 321 g/mol. The number of carbonyl (C=O) groups is 1. The van der Waals surface area contributed by atoms with Crippen molar-refractivity contribution in [1.82, 2.24) is 5.32 Å². The molecule has 2 aromatic carbocycles. The summed E-state index contributed by atoms with van der Waals surface area (Å²) in [5.74, 6) is -0.611. The number of rotatable bonds is 5. The topological polar surface area (TPSA) is 92.5 Å². The summed E-state index contributed by atoms with van der Waals surface area (Å²) in [5.41, 5.74) is 0.268. The Morgan fingerprint density at radius 2 is 1.86 bits per heavy atom. The molecule has 0 aromatic heterocycles. The molecule has 2 rings (SSSR count).